The molecule has 0 radical (unpaired) electrons. The molecule has 2 atom stereocenters. The molecule has 4 bridgehead atoms. The number of thioether (sulfide) groups is 2. The van der Waals surface area contributed by atoms with E-state index < -0.39 is 10.0 Å². The van der Waals surface area contributed by atoms with E-state index in [1.54, 1.807) is 0 Å². The largest absolute Gasteiger partial charge is 0.293 e. The summed E-state index contributed by atoms with van der Waals surface area (Å²) in [6, 6.07) is 0.190. The van der Waals surface area contributed by atoms with E-state index in [0.717, 1.165) is 25.9 Å². The topological polar surface area (TPSA) is 63.4 Å². The molecule has 0 aromatic heterocycles. The quantitative estimate of drug-likeness (QED) is 0.859. The first kappa shape index (κ1) is 15.0. The fraction of sp³-hybridized carbons (Fsp3) is 0.692. The van der Waals surface area contributed by atoms with E-state index in [0.29, 0.717) is 15.4 Å². The molecule has 0 spiro atoms. The van der Waals surface area contributed by atoms with Crippen LogP contribution in [0.5, 0.6) is 0 Å². The lowest BCUT2D eigenvalue weighted by Crippen LogP contribution is -2.39. The van der Waals surface area contributed by atoms with Gasteiger partial charge in [-0.2, -0.15) is 0 Å². The van der Waals surface area contributed by atoms with E-state index in [1.165, 1.54) is 21.6 Å². The van der Waals surface area contributed by atoms with Gasteiger partial charge < -0.3 is 0 Å². The highest BCUT2D eigenvalue weighted by molar-refractivity contribution is 8.29. The summed E-state index contributed by atoms with van der Waals surface area (Å²) in [6.45, 7) is 6.38. The minimum absolute atomic E-state index is 0.190. The highest BCUT2D eigenvalue weighted by atomic mass is 32.3. The predicted octanol–water partition coefficient (Wildman–Crippen LogP) is 2.31. The van der Waals surface area contributed by atoms with Crippen molar-refractivity contribution < 1.29 is 8.42 Å². The Labute approximate surface area is 129 Å². The van der Waals surface area contributed by atoms with Crippen molar-refractivity contribution in [2.45, 2.75) is 38.0 Å². The first-order valence-corrected chi connectivity index (χ1v) is 10.1. The Morgan fingerprint density at radius 1 is 1.50 bits per heavy atom. The molecular formula is C13H20N2O2S3. The van der Waals surface area contributed by atoms with E-state index in [-0.39, 0.29) is 6.04 Å². The second kappa shape index (κ2) is 5.35. The normalized spacial score (nSPS) is 30.7. The van der Waals surface area contributed by atoms with Gasteiger partial charge in [0.25, 0.3) is 0 Å². The zero-order valence-corrected chi connectivity index (χ0v) is 14.2. The number of sulfonamides is 1. The molecule has 2 N–H and O–H groups in total. The van der Waals surface area contributed by atoms with E-state index in [2.05, 4.69) is 18.7 Å². The van der Waals surface area contributed by atoms with E-state index >= 15 is 0 Å². The Hall–Kier alpha value is 0.0500. The van der Waals surface area contributed by atoms with Crippen LogP contribution in [0, 0.1) is 5.92 Å². The average Bonchev–Trinajstić information content (AvgIpc) is 2.55. The standard InChI is InChI=1S/C13H20N2O2S3/c1-8(2)6-15-7-9-3-11-4-10(15)5-12(20(14,16)17)19-13(9)18-11/h5,8,10-11H,3-4,6-7H2,1-2H3,(H2,14,16,17). The molecular weight excluding hydrogens is 312 g/mol. The Morgan fingerprint density at radius 3 is 2.90 bits per heavy atom. The molecule has 0 saturated carbocycles. The molecule has 4 heterocycles. The van der Waals surface area contributed by atoms with Crippen molar-refractivity contribution in [3.8, 4) is 0 Å². The number of nitrogens with two attached hydrogens (primary N) is 1. The van der Waals surface area contributed by atoms with Crippen LogP contribution in [-0.4, -0.2) is 37.7 Å². The Balaban J connectivity index is 2.02. The van der Waals surface area contributed by atoms with Gasteiger partial charge in [0.05, 0.1) is 0 Å². The van der Waals surface area contributed by atoms with Gasteiger partial charge in [-0.05, 0) is 30.4 Å². The van der Waals surface area contributed by atoms with Crippen LogP contribution in [0.25, 0.3) is 0 Å². The summed E-state index contributed by atoms with van der Waals surface area (Å²) in [5.74, 6) is 0.573. The zero-order valence-electron chi connectivity index (χ0n) is 11.7. The van der Waals surface area contributed by atoms with Gasteiger partial charge in [-0.25, -0.2) is 13.6 Å². The molecule has 1 fully saturated rings. The summed E-state index contributed by atoms with van der Waals surface area (Å²) < 4.78 is 25.0. The molecule has 112 valence electrons. The van der Waals surface area contributed by atoms with Gasteiger partial charge in [-0.1, -0.05) is 25.6 Å². The SMILES string of the molecule is CC(C)CN1CC2=C3SC(S(N)(=O)=O)=CC1CC(C2)S3. The van der Waals surface area contributed by atoms with Gasteiger partial charge in [0, 0.05) is 28.6 Å². The minimum Gasteiger partial charge on any atom is -0.293 e. The average molecular weight is 333 g/mol. The second-order valence-electron chi connectivity index (χ2n) is 6.09. The lowest BCUT2D eigenvalue weighted by molar-refractivity contribution is 0.221. The third kappa shape index (κ3) is 2.97. The lowest BCUT2D eigenvalue weighted by Gasteiger charge is -2.34. The van der Waals surface area contributed by atoms with Crippen LogP contribution in [0.3, 0.4) is 0 Å². The lowest BCUT2D eigenvalue weighted by atomic mass is 10.1. The van der Waals surface area contributed by atoms with Crippen LogP contribution in [0.1, 0.15) is 26.7 Å². The van der Waals surface area contributed by atoms with Crippen molar-refractivity contribution in [2.24, 2.45) is 11.1 Å². The van der Waals surface area contributed by atoms with Crippen molar-refractivity contribution in [3.05, 3.63) is 20.1 Å². The maximum Gasteiger partial charge on any atom is 0.244 e. The molecule has 0 amide bonds. The summed E-state index contributed by atoms with van der Waals surface area (Å²) in [7, 11) is -3.61. The second-order valence-corrected chi connectivity index (χ2v) is 10.5. The summed E-state index contributed by atoms with van der Waals surface area (Å²) in [5, 5.41) is 5.98. The van der Waals surface area contributed by atoms with E-state index in [4.69, 9.17) is 5.14 Å². The van der Waals surface area contributed by atoms with E-state index in [9.17, 15) is 8.42 Å². The first-order valence-electron chi connectivity index (χ1n) is 6.88. The van der Waals surface area contributed by atoms with Crippen LogP contribution in [-0.2, 0) is 10.0 Å². The molecule has 0 aliphatic carbocycles. The molecule has 20 heavy (non-hydrogen) atoms. The fourth-order valence-corrected chi connectivity index (χ4v) is 7.03. The molecule has 1 saturated heterocycles. The maximum absolute atomic E-state index is 11.8. The fourth-order valence-electron chi connectivity index (χ4n) is 3.05. The number of hydrogen-bond acceptors (Lipinski definition) is 5. The molecule has 4 nitrogen and oxygen atoms in total. The van der Waals surface area contributed by atoms with E-state index in [1.807, 2.05) is 17.8 Å². The van der Waals surface area contributed by atoms with Gasteiger partial charge in [-0.15, -0.1) is 11.8 Å². The molecule has 4 aliphatic heterocycles. The molecule has 4 rings (SSSR count). The summed E-state index contributed by atoms with van der Waals surface area (Å²) in [4.78, 5) is 2.42. The number of primary sulfonamides is 1. The molecule has 0 aromatic rings. The minimum atomic E-state index is -3.61. The van der Waals surface area contributed by atoms with Crippen LogP contribution < -0.4 is 5.14 Å². The van der Waals surface area contributed by atoms with Crippen LogP contribution in [0.2, 0.25) is 0 Å². The number of rotatable bonds is 3. The number of hydrogen-bond donors (Lipinski definition) is 1. The highest BCUT2D eigenvalue weighted by Gasteiger charge is 2.38. The third-order valence-corrected chi connectivity index (χ3v) is 7.99. The van der Waals surface area contributed by atoms with Gasteiger partial charge in [0.2, 0.25) is 10.0 Å². The smallest absolute Gasteiger partial charge is 0.244 e. The molecule has 0 aromatic carbocycles. The summed E-state index contributed by atoms with van der Waals surface area (Å²) >= 11 is 3.21. The molecule has 7 heteroatoms. The third-order valence-electron chi connectivity index (χ3n) is 3.81. The molecule has 2 unspecified atom stereocenters. The predicted molar refractivity (Wildman–Crippen MR) is 86.6 cm³/mol. The van der Waals surface area contributed by atoms with Gasteiger partial charge in [0.15, 0.2) is 0 Å². The number of nitrogens with zero attached hydrogens (tertiary/aromatic N) is 1. The van der Waals surface area contributed by atoms with Crippen molar-refractivity contribution in [1.82, 2.24) is 4.90 Å². The van der Waals surface area contributed by atoms with Gasteiger partial charge >= 0.3 is 0 Å². The first-order chi connectivity index (χ1) is 9.33. The summed E-state index contributed by atoms with van der Waals surface area (Å²) in [6.07, 6.45) is 4.00. The van der Waals surface area contributed by atoms with Crippen molar-refractivity contribution in [1.29, 1.82) is 0 Å². The summed E-state index contributed by atoms with van der Waals surface area (Å²) in [5.41, 5.74) is 1.41. The zero-order chi connectivity index (χ0) is 14.5. The van der Waals surface area contributed by atoms with Gasteiger partial charge in [-0.3, -0.25) is 4.90 Å². The van der Waals surface area contributed by atoms with Crippen molar-refractivity contribution in [2.75, 3.05) is 13.1 Å². The van der Waals surface area contributed by atoms with Crippen LogP contribution in [0.15, 0.2) is 20.1 Å². The highest BCUT2D eigenvalue weighted by Crippen LogP contribution is 2.52. The van der Waals surface area contributed by atoms with Crippen molar-refractivity contribution in [3.63, 3.8) is 0 Å². The number of fused-ring (bicyclic) bond motifs is 2. The Bertz CT molecular complexity index is 580. The monoisotopic (exact) mass is 332 g/mol. The van der Waals surface area contributed by atoms with Gasteiger partial charge in [0.1, 0.15) is 4.24 Å². The Kier molecular flexibility index (Phi) is 4.01. The Morgan fingerprint density at radius 2 is 2.25 bits per heavy atom. The van der Waals surface area contributed by atoms with Crippen LogP contribution >= 0.6 is 23.5 Å². The molecule has 4 aliphatic rings. The van der Waals surface area contributed by atoms with Crippen LogP contribution in [0.4, 0.5) is 0 Å². The van der Waals surface area contributed by atoms with Crippen molar-refractivity contribution >= 4 is 33.5 Å². The maximum atomic E-state index is 11.8.